The number of halogens is 1. The van der Waals surface area contributed by atoms with Gasteiger partial charge in [0.1, 0.15) is 4.88 Å². The Bertz CT molecular complexity index is 386. The number of carbonyl (C=O) groups excluding carboxylic acids is 1. The number of nitrogens with one attached hydrogen (secondary N) is 1. The third-order valence-electron chi connectivity index (χ3n) is 2.33. The Labute approximate surface area is 114 Å². The number of alkyl halides is 1. The normalized spacial score (nSPS) is 13.5. The van der Waals surface area contributed by atoms with Crippen LogP contribution < -0.4 is 5.32 Å². The van der Waals surface area contributed by atoms with Gasteiger partial charge in [0.15, 0.2) is 0 Å². The number of hydrogen-bond donors (Lipinski definition) is 1. The molecule has 0 spiro atoms. The van der Waals surface area contributed by atoms with Crippen LogP contribution in [-0.2, 0) is 5.41 Å². The highest BCUT2D eigenvalue weighted by Gasteiger charge is 2.26. The van der Waals surface area contributed by atoms with Gasteiger partial charge >= 0.3 is 0 Å². The molecule has 1 amide bonds. The number of aromatic nitrogens is 2. The second-order valence-corrected chi connectivity index (χ2v) is 6.97. The lowest BCUT2D eigenvalue weighted by molar-refractivity contribution is 0.0955. The van der Waals surface area contributed by atoms with Crippen LogP contribution in [0.25, 0.3) is 0 Å². The smallest absolute Gasteiger partial charge is 0.265 e. The Morgan fingerprint density at radius 3 is 2.71 bits per heavy atom. The molecule has 1 unspecified atom stereocenters. The molecule has 1 heterocycles. The van der Waals surface area contributed by atoms with E-state index in [4.69, 9.17) is 0 Å². The standard InChI is InChI=1S/C11H18BrN3OS/c1-5-7(12)6-13-10(16)8-9(11(2,3)4)14-15-17-8/h7H,5-6H2,1-4H3,(H,13,16). The van der Waals surface area contributed by atoms with Gasteiger partial charge in [-0.1, -0.05) is 48.1 Å². The molecule has 0 saturated heterocycles. The first-order valence-electron chi connectivity index (χ1n) is 5.61. The second kappa shape index (κ2) is 5.91. The van der Waals surface area contributed by atoms with E-state index >= 15 is 0 Å². The van der Waals surface area contributed by atoms with Gasteiger partial charge in [0.2, 0.25) is 0 Å². The third kappa shape index (κ3) is 4.03. The molecule has 4 nitrogen and oxygen atoms in total. The van der Waals surface area contributed by atoms with Gasteiger partial charge in [-0.2, -0.15) is 0 Å². The van der Waals surface area contributed by atoms with E-state index in [1.165, 1.54) is 0 Å². The molecule has 96 valence electrons. The summed E-state index contributed by atoms with van der Waals surface area (Å²) in [6, 6.07) is 0. The maximum atomic E-state index is 12.0. The number of hydrogen-bond acceptors (Lipinski definition) is 4. The van der Waals surface area contributed by atoms with E-state index in [1.807, 2.05) is 20.8 Å². The quantitative estimate of drug-likeness (QED) is 0.868. The fraction of sp³-hybridized carbons (Fsp3) is 0.727. The van der Waals surface area contributed by atoms with Crippen molar-refractivity contribution in [1.82, 2.24) is 14.9 Å². The molecule has 0 fully saturated rings. The molecular formula is C11H18BrN3OS. The van der Waals surface area contributed by atoms with Gasteiger partial charge in [0.25, 0.3) is 5.91 Å². The van der Waals surface area contributed by atoms with Crippen molar-refractivity contribution >= 4 is 33.4 Å². The average molecular weight is 320 g/mol. The van der Waals surface area contributed by atoms with Gasteiger partial charge in [0, 0.05) is 16.8 Å². The first-order chi connectivity index (χ1) is 7.86. The summed E-state index contributed by atoms with van der Waals surface area (Å²) in [6.07, 6.45) is 0.980. The van der Waals surface area contributed by atoms with Crippen molar-refractivity contribution in [2.75, 3.05) is 6.54 Å². The molecule has 0 aliphatic heterocycles. The molecule has 0 aliphatic rings. The minimum Gasteiger partial charge on any atom is -0.350 e. The highest BCUT2D eigenvalue weighted by Crippen LogP contribution is 2.25. The Morgan fingerprint density at radius 1 is 1.53 bits per heavy atom. The van der Waals surface area contributed by atoms with E-state index < -0.39 is 0 Å². The second-order valence-electron chi connectivity index (χ2n) is 4.92. The zero-order valence-electron chi connectivity index (χ0n) is 10.6. The Kier molecular flexibility index (Phi) is 5.06. The highest BCUT2D eigenvalue weighted by atomic mass is 79.9. The Hall–Kier alpha value is -0.490. The van der Waals surface area contributed by atoms with Crippen molar-refractivity contribution in [3.63, 3.8) is 0 Å². The molecular weight excluding hydrogens is 302 g/mol. The van der Waals surface area contributed by atoms with Crippen molar-refractivity contribution in [2.45, 2.75) is 44.4 Å². The molecule has 0 aromatic carbocycles. The molecule has 0 radical (unpaired) electrons. The van der Waals surface area contributed by atoms with Crippen LogP contribution in [0.3, 0.4) is 0 Å². The van der Waals surface area contributed by atoms with E-state index in [1.54, 1.807) is 0 Å². The highest BCUT2D eigenvalue weighted by molar-refractivity contribution is 9.09. The molecule has 1 rings (SSSR count). The maximum absolute atomic E-state index is 12.0. The van der Waals surface area contributed by atoms with Crippen LogP contribution in [0, 0.1) is 0 Å². The lowest BCUT2D eigenvalue weighted by Gasteiger charge is -2.16. The molecule has 1 aromatic heterocycles. The van der Waals surface area contributed by atoms with Crippen LogP contribution in [-0.4, -0.2) is 26.9 Å². The molecule has 0 aliphatic carbocycles. The van der Waals surface area contributed by atoms with Crippen molar-refractivity contribution in [1.29, 1.82) is 0 Å². The predicted octanol–water partition coefficient (Wildman–Crippen LogP) is 2.74. The molecule has 1 aromatic rings. The van der Waals surface area contributed by atoms with Crippen LogP contribution in [0.15, 0.2) is 0 Å². The average Bonchev–Trinajstić information content (AvgIpc) is 2.73. The summed E-state index contributed by atoms with van der Waals surface area (Å²) in [5.74, 6) is -0.0807. The lowest BCUT2D eigenvalue weighted by Crippen LogP contribution is -2.30. The van der Waals surface area contributed by atoms with E-state index in [0.29, 0.717) is 16.2 Å². The van der Waals surface area contributed by atoms with Crippen LogP contribution in [0.5, 0.6) is 0 Å². The van der Waals surface area contributed by atoms with Crippen molar-refractivity contribution in [3.05, 3.63) is 10.6 Å². The van der Waals surface area contributed by atoms with Crippen LogP contribution in [0.4, 0.5) is 0 Å². The summed E-state index contributed by atoms with van der Waals surface area (Å²) in [5.41, 5.74) is 0.612. The first-order valence-corrected chi connectivity index (χ1v) is 7.30. The molecule has 6 heteroatoms. The van der Waals surface area contributed by atoms with Crippen LogP contribution >= 0.6 is 27.5 Å². The fourth-order valence-electron chi connectivity index (χ4n) is 1.26. The van der Waals surface area contributed by atoms with Crippen molar-refractivity contribution < 1.29 is 4.79 Å². The maximum Gasteiger partial charge on any atom is 0.265 e. The number of amides is 1. The summed E-state index contributed by atoms with van der Waals surface area (Å²) in [7, 11) is 0. The van der Waals surface area contributed by atoms with Crippen LogP contribution in [0.2, 0.25) is 0 Å². The zero-order valence-corrected chi connectivity index (χ0v) is 13.0. The number of nitrogens with zero attached hydrogens (tertiary/aromatic N) is 2. The topological polar surface area (TPSA) is 54.9 Å². The lowest BCUT2D eigenvalue weighted by atomic mass is 9.91. The van der Waals surface area contributed by atoms with Crippen molar-refractivity contribution in [3.8, 4) is 0 Å². The number of carbonyl (C=O) groups is 1. The van der Waals surface area contributed by atoms with Gasteiger partial charge in [-0.05, 0) is 18.0 Å². The van der Waals surface area contributed by atoms with E-state index in [2.05, 4.69) is 37.8 Å². The predicted molar refractivity (Wildman–Crippen MR) is 73.9 cm³/mol. The SMILES string of the molecule is CCC(Br)CNC(=O)c1snnc1C(C)(C)C. The summed E-state index contributed by atoms with van der Waals surface area (Å²) in [4.78, 5) is 12.9. The monoisotopic (exact) mass is 319 g/mol. The number of rotatable bonds is 4. The minimum absolute atomic E-state index is 0.0807. The summed E-state index contributed by atoms with van der Waals surface area (Å²) >= 11 is 4.64. The van der Waals surface area contributed by atoms with Gasteiger partial charge in [-0.15, -0.1) is 5.10 Å². The molecule has 0 bridgehead atoms. The Morgan fingerprint density at radius 2 is 2.18 bits per heavy atom. The van der Waals surface area contributed by atoms with Crippen LogP contribution in [0.1, 0.15) is 49.5 Å². The van der Waals surface area contributed by atoms with Gasteiger partial charge in [-0.25, -0.2) is 0 Å². The molecule has 1 atom stereocenters. The van der Waals surface area contributed by atoms with E-state index in [9.17, 15) is 4.79 Å². The fourth-order valence-corrected chi connectivity index (χ4v) is 2.21. The van der Waals surface area contributed by atoms with Gasteiger partial charge < -0.3 is 5.32 Å². The van der Waals surface area contributed by atoms with E-state index in [0.717, 1.165) is 23.6 Å². The van der Waals surface area contributed by atoms with Crippen molar-refractivity contribution in [2.24, 2.45) is 0 Å². The largest absolute Gasteiger partial charge is 0.350 e. The summed E-state index contributed by atoms with van der Waals surface area (Å²) in [6.45, 7) is 8.77. The molecule has 17 heavy (non-hydrogen) atoms. The van der Waals surface area contributed by atoms with E-state index in [-0.39, 0.29) is 11.3 Å². The third-order valence-corrected chi connectivity index (χ3v) is 4.03. The summed E-state index contributed by atoms with van der Waals surface area (Å²) < 4.78 is 3.88. The van der Waals surface area contributed by atoms with Gasteiger partial charge in [0.05, 0.1) is 5.69 Å². The Balaban J connectivity index is 2.73. The zero-order chi connectivity index (χ0) is 13.1. The first kappa shape index (κ1) is 14.6. The molecule has 1 N–H and O–H groups in total. The van der Waals surface area contributed by atoms with Gasteiger partial charge in [-0.3, -0.25) is 4.79 Å². The molecule has 0 saturated carbocycles. The summed E-state index contributed by atoms with van der Waals surface area (Å²) in [5, 5.41) is 6.94. The minimum atomic E-state index is -0.155.